The lowest BCUT2D eigenvalue weighted by Crippen LogP contribution is -2.52. The van der Waals surface area contributed by atoms with Gasteiger partial charge in [-0.15, -0.1) is 0 Å². The number of hydrogen-bond acceptors (Lipinski definition) is 8. The van der Waals surface area contributed by atoms with Crippen LogP contribution in [0.3, 0.4) is 0 Å². The molecule has 3 amide bonds. The first-order chi connectivity index (χ1) is 28.6. The Hall–Kier alpha value is -5.72. The standard InChI is InChI=1S/C41H43F6N9O4/c1-52(30-15-16-54(21-26(30)42)31-6-4-7-32-36(31)53(2)40(60)56(32)33-13-14-35(57)50-39(33)59)19-22-9-11-24(12-10-22)55-20-23-17-29(25(37(43)44)18-28(23)51-55)49-38(58)27-5-3-8-34(48-27)41(45,46)47/h3-8,17-18,20,22,24,26,30,33,37H,9-16,19,21H2,1-2H3,(H,49,58)(H,50,57,59). The van der Waals surface area contributed by atoms with Gasteiger partial charge in [0, 0.05) is 49.7 Å². The molecule has 3 fully saturated rings. The summed E-state index contributed by atoms with van der Waals surface area (Å²) in [5.74, 6) is -1.67. The van der Waals surface area contributed by atoms with Gasteiger partial charge in [0.25, 0.3) is 12.3 Å². The number of aryl methyl sites for hydroxylation is 1. The first kappa shape index (κ1) is 41.0. The Morgan fingerprint density at radius 1 is 1.02 bits per heavy atom. The van der Waals surface area contributed by atoms with E-state index in [9.17, 15) is 41.1 Å². The number of para-hydroxylation sites is 1. The highest BCUT2D eigenvalue weighted by Crippen LogP contribution is 2.38. The van der Waals surface area contributed by atoms with Crippen molar-refractivity contribution < 1.29 is 40.7 Å². The molecule has 1 saturated carbocycles. The van der Waals surface area contributed by atoms with Crippen LogP contribution in [0.2, 0.25) is 0 Å². The van der Waals surface area contributed by atoms with Crippen molar-refractivity contribution in [3.8, 4) is 0 Å². The Balaban J connectivity index is 0.890. The second kappa shape index (κ2) is 16.0. The predicted molar refractivity (Wildman–Crippen MR) is 210 cm³/mol. The van der Waals surface area contributed by atoms with E-state index in [0.717, 1.165) is 37.8 Å². The van der Waals surface area contributed by atoms with E-state index in [0.29, 0.717) is 47.7 Å². The molecule has 3 atom stereocenters. The Labute approximate surface area is 339 Å². The van der Waals surface area contributed by atoms with E-state index in [1.807, 2.05) is 18.0 Å². The van der Waals surface area contributed by atoms with Crippen LogP contribution in [0.4, 0.5) is 37.7 Å². The summed E-state index contributed by atoms with van der Waals surface area (Å²) in [6, 6.07) is 9.53. The molecule has 2 aromatic carbocycles. The first-order valence-electron chi connectivity index (χ1n) is 19.9. The van der Waals surface area contributed by atoms with Crippen LogP contribution in [-0.4, -0.2) is 85.4 Å². The van der Waals surface area contributed by atoms with E-state index in [2.05, 4.69) is 25.6 Å². The van der Waals surface area contributed by atoms with Crippen LogP contribution in [-0.2, 0) is 22.8 Å². The number of pyridine rings is 1. The number of halogens is 6. The molecule has 0 bridgehead atoms. The summed E-state index contributed by atoms with van der Waals surface area (Å²) in [5, 5.41) is 9.67. The number of rotatable bonds is 9. The second-order valence-electron chi connectivity index (χ2n) is 16.0. The summed E-state index contributed by atoms with van der Waals surface area (Å²) in [6.45, 7) is 1.35. The number of nitrogens with one attached hydrogen (secondary N) is 2. The molecule has 3 aliphatic rings. The van der Waals surface area contributed by atoms with Gasteiger partial charge in [0.15, 0.2) is 0 Å². The molecule has 13 nitrogen and oxygen atoms in total. The zero-order chi connectivity index (χ0) is 42.6. The van der Waals surface area contributed by atoms with Crippen LogP contribution in [0.5, 0.6) is 0 Å². The largest absolute Gasteiger partial charge is 0.433 e. The molecule has 0 radical (unpaired) electrons. The van der Waals surface area contributed by atoms with Crippen molar-refractivity contribution in [2.24, 2.45) is 13.0 Å². The van der Waals surface area contributed by atoms with Crippen LogP contribution in [0.1, 0.15) is 85.2 Å². The minimum absolute atomic E-state index is 0.0259. The van der Waals surface area contributed by atoms with Crippen molar-refractivity contribution in [3.05, 3.63) is 82.2 Å². The minimum Gasteiger partial charge on any atom is -0.367 e. The zero-order valence-corrected chi connectivity index (χ0v) is 32.8. The molecule has 2 aliphatic heterocycles. The lowest BCUT2D eigenvalue weighted by molar-refractivity contribution is -0.141. The molecule has 2 saturated heterocycles. The molecule has 8 rings (SSSR count). The third kappa shape index (κ3) is 7.86. The van der Waals surface area contributed by atoms with Crippen LogP contribution in [0.15, 0.2) is 59.5 Å². The summed E-state index contributed by atoms with van der Waals surface area (Å²) in [4.78, 5) is 58.1. The fraction of sp³-hybridized carbons (Fsp3) is 0.463. The number of hydrogen-bond donors (Lipinski definition) is 2. The normalized spacial score (nSPS) is 22.9. The highest BCUT2D eigenvalue weighted by molar-refractivity contribution is 6.04. The molecule has 5 heterocycles. The fourth-order valence-electron chi connectivity index (χ4n) is 9.13. The third-order valence-electron chi connectivity index (χ3n) is 12.2. The molecule has 2 N–H and O–H groups in total. The maximum Gasteiger partial charge on any atom is 0.433 e. The van der Waals surface area contributed by atoms with E-state index >= 15 is 4.39 Å². The molecule has 5 aromatic rings. The number of fused-ring (bicyclic) bond motifs is 2. The maximum absolute atomic E-state index is 16.1. The smallest absolute Gasteiger partial charge is 0.367 e. The number of carbonyl (C=O) groups excluding carboxylic acids is 3. The zero-order valence-electron chi connectivity index (χ0n) is 32.8. The summed E-state index contributed by atoms with van der Waals surface area (Å²) in [5.41, 5.74) is -0.885. The number of piperidine rings is 2. The van der Waals surface area contributed by atoms with Gasteiger partial charge in [0.1, 0.15) is 23.6 Å². The average Bonchev–Trinajstić information content (AvgIpc) is 3.74. The molecule has 19 heteroatoms. The van der Waals surface area contributed by atoms with Crippen molar-refractivity contribution in [2.75, 3.05) is 36.9 Å². The quantitative estimate of drug-likeness (QED) is 0.126. The highest BCUT2D eigenvalue weighted by atomic mass is 19.4. The van der Waals surface area contributed by atoms with Crippen molar-refractivity contribution in [1.29, 1.82) is 0 Å². The van der Waals surface area contributed by atoms with Gasteiger partial charge in [0.05, 0.1) is 40.5 Å². The molecule has 1 aliphatic carbocycles. The number of nitrogens with zero attached hydrogens (tertiary/aromatic N) is 7. The van der Waals surface area contributed by atoms with Gasteiger partial charge in [-0.2, -0.15) is 18.3 Å². The van der Waals surface area contributed by atoms with Crippen molar-refractivity contribution in [1.82, 2.24) is 34.1 Å². The number of aromatic nitrogens is 5. The van der Waals surface area contributed by atoms with Gasteiger partial charge in [0.2, 0.25) is 11.8 Å². The fourth-order valence-corrected chi connectivity index (χ4v) is 9.13. The van der Waals surface area contributed by atoms with Crippen molar-refractivity contribution in [2.45, 2.75) is 81.8 Å². The summed E-state index contributed by atoms with van der Waals surface area (Å²) >= 11 is 0. The topological polar surface area (TPSA) is 139 Å². The SMILES string of the molecule is CN(CC1CCC(n2cc3cc(NC(=O)c4cccc(C(F)(F)F)n4)c(C(F)F)cc3n2)CC1)C1CCN(c2cccc3c2n(C)c(=O)n3C2CCC(=O)NC2=O)CC1F. The van der Waals surface area contributed by atoms with Crippen LogP contribution >= 0.6 is 0 Å². The minimum atomic E-state index is -4.79. The van der Waals surface area contributed by atoms with E-state index in [1.54, 1.807) is 30.1 Å². The number of amides is 3. The number of benzene rings is 2. The van der Waals surface area contributed by atoms with E-state index in [1.165, 1.54) is 21.3 Å². The van der Waals surface area contributed by atoms with Crippen molar-refractivity contribution >= 4 is 51.0 Å². The van der Waals surface area contributed by atoms with Gasteiger partial charge in [-0.3, -0.25) is 33.5 Å². The predicted octanol–water partition coefficient (Wildman–Crippen LogP) is 6.55. The maximum atomic E-state index is 16.1. The third-order valence-corrected chi connectivity index (χ3v) is 12.2. The van der Waals surface area contributed by atoms with Gasteiger partial charge in [-0.25, -0.2) is 22.9 Å². The Morgan fingerprint density at radius 2 is 1.77 bits per heavy atom. The summed E-state index contributed by atoms with van der Waals surface area (Å²) < 4.78 is 88.5. The average molecular weight is 840 g/mol. The lowest BCUT2D eigenvalue weighted by Gasteiger charge is -2.42. The van der Waals surface area contributed by atoms with Crippen LogP contribution in [0.25, 0.3) is 21.9 Å². The molecular formula is C41H43F6N9O4. The highest BCUT2D eigenvalue weighted by Gasteiger charge is 2.37. The van der Waals surface area contributed by atoms with E-state index in [-0.39, 0.29) is 60.2 Å². The molecule has 60 heavy (non-hydrogen) atoms. The Morgan fingerprint density at radius 3 is 2.47 bits per heavy atom. The Bertz CT molecular complexity index is 2530. The molecule has 3 unspecified atom stereocenters. The summed E-state index contributed by atoms with van der Waals surface area (Å²) in [7, 11) is 3.56. The monoisotopic (exact) mass is 839 g/mol. The Kier molecular flexibility index (Phi) is 11.0. The van der Waals surface area contributed by atoms with Gasteiger partial charge in [-0.1, -0.05) is 12.1 Å². The van der Waals surface area contributed by atoms with Gasteiger partial charge < -0.3 is 15.1 Å². The molecule has 3 aromatic heterocycles. The molecule has 0 spiro atoms. The first-order valence-corrected chi connectivity index (χ1v) is 19.9. The number of imidazole rings is 1. The van der Waals surface area contributed by atoms with Crippen LogP contribution < -0.4 is 21.2 Å². The number of imide groups is 1. The second-order valence-corrected chi connectivity index (χ2v) is 16.0. The molecule has 318 valence electrons. The lowest BCUT2D eigenvalue weighted by atomic mass is 9.85. The number of alkyl halides is 6. The van der Waals surface area contributed by atoms with Gasteiger partial charge >= 0.3 is 11.9 Å². The van der Waals surface area contributed by atoms with Crippen LogP contribution in [0, 0.1) is 5.92 Å². The molecular weight excluding hydrogens is 796 g/mol. The van der Waals surface area contributed by atoms with Gasteiger partial charge in [-0.05, 0) is 87.9 Å². The summed E-state index contributed by atoms with van der Waals surface area (Å²) in [6.07, 6.45) is -3.22. The van der Waals surface area contributed by atoms with Crippen molar-refractivity contribution in [3.63, 3.8) is 0 Å². The number of anilines is 2. The van der Waals surface area contributed by atoms with E-state index in [4.69, 9.17) is 0 Å². The number of carbonyl (C=O) groups is 3. The van der Waals surface area contributed by atoms with E-state index < -0.39 is 53.6 Å².